The Morgan fingerprint density at radius 1 is 1.00 bits per heavy atom. The van der Waals surface area contributed by atoms with E-state index in [9.17, 15) is 9.59 Å². The van der Waals surface area contributed by atoms with Crippen LogP contribution in [0.5, 0.6) is 11.5 Å². The third-order valence-corrected chi connectivity index (χ3v) is 7.80. The second kappa shape index (κ2) is 10.6. The van der Waals surface area contributed by atoms with Gasteiger partial charge < -0.3 is 20.7 Å². The molecule has 1 saturated carbocycles. The molecule has 2 aromatic rings. The van der Waals surface area contributed by atoms with Gasteiger partial charge in [0.25, 0.3) is 0 Å². The first-order valence-electron chi connectivity index (χ1n) is 12.6. The van der Waals surface area contributed by atoms with Crippen LogP contribution in [0, 0.1) is 11.8 Å². The summed E-state index contributed by atoms with van der Waals surface area (Å²) in [5.74, 6) is 0.791. The summed E-state index contributed by atoms with van der Waals surface area (Å²) >= 11 is 0. The van der Waals surface area contributed by atoms with Crippen molar-refractivity contribution in [2.24, 2.45) is 17.6 Å². The molecule has 3 N–H and O–H groups in total. The van der Waals surface area contributed by atoms with Crippen LogP contribution >= 0.6 is 0 Å². The molecule has 1 heterocycles. The van der Waals surface area contributed by atoms with Crippen molar-refractivity contribution < 1.29 is 14.3 Å². The van der Waals surface area contributed by atoms with Gasteiger partial charge in [0.05, 0.1) is 12.0 Å². The number of nitrogens with zero attached hydrogens (tertiary/aromatic N) is 1. The number of carbonyl (C=O) groups is 2. The number of likely N-dealkylation sites (N-methyl/N-ethyl adjacent to an activating group) is 1. The highest BCUT2D eigenvalue weighted by atomic mass is 16.5. The van der Waals surface area contributed by atoms with Crippen molar-refractivity contribution in [1.82, 2.24) is 10.2 Å². The standard InChI is InChI=1S/C28H37N3O3/c1-28(30-2,27(29)33)25(20-11-5-3-6-12-20)26(32)31-18-10-17-24(31)21-13-9-16-23(19-21)34-22-14-7-4-8-15-22/h4,7-9,13-16,19-20,24-25,30H,3,5-6,10-12,17-18H2,1-2H3,(H2,29,33)/t24-,25+,28?/m0/s1. The van der Waals surface area contributed by atoms with E-state index in [4.69, 9.17) is 10.5 Å². The smallest absolute Gasteiger partial charge is 0.238 e. The molecule has 2 aliphatic rings. The second-order valence-electron chi connectivity index (χ2n) is 9.87. The number of hydrogen-bond donors (Lipinski definition) is 2. The number of ether oxygens (including phenoxy) is 1. The van der Waals surface area contributed by atoms with Crippen molar-refractivity contribution in [3.63, 3.8) is 0 Å². The van der Waals surface area contributed by atoms with Crippen molar-refractivity contribution in [3.05, 3.63) is 60.2 Å². The van der Waals surface area contributed by atoms with Crippen LogP contribution in [0.15, 0.2) is 54.6 Å². The number of amides is 2. The van der Waals surface area contributed by atoms with Crippen LogP contribution in [0.1, 0.15) is 63.5 Å². The molecule has 0 spiro atoms. The van der Waals surface area contributed by atoms with Gasteiger partial charge in [-0.05, 0) is 75.4 Å². The molecular weight excluding hydrogens is 426 g/mol. The van der Waals surface area contributed by atoms with E-state index < -0.39 is 17.4 Å². The lowest BCUT2D eigenvalue weighted by molar-refractivity contribution is -0.147. The summed E-state index contributed by atoms with van der Waals surface area (Å²) in [7, 11) is 1.74. The number of primary amides is 1. The monoisotopic (exact) mass is 463 g/mol. The van der Waals surface area contributed by atoms with E-state index in [1.807, 2.05) is 53.4 Å². The predicted octanol–water partition coefficient (Wildman–Crippen LogP) is 4.80. The summed E-state index contributed by atoms with van der Waals surface area (Å²) in [5, 5.41) is 3.13. The molecule has 6 heteroatoms. The van der Waals surface area contributed by atoms with Crippen molar-refractivity contribution in [2.45, 2.75) is 63.5 Å². The first kappa shape index (κ1) is 24.3. The molecule has 2 aromatic carbocycles. The topological polar surface area (TPSA) is 84.7 Å². The Labute approximate surface area is 202 Å². The quantitative estimate of drug-likeness (QED) is 0.589. The predicted molar refractivity (Wildman–Crippen MR) is 133 cm³/mol. The summed E-state index contributed by atoms with van der Waals surface area (Å²) in [5.41, 5.74) is 5.86. The molecule has 2 amide bonds. The molecule has 1 unspecified atom stereocenters. The fourth-order valence-corrected chi connectivity index (χ4v) is 5.79. The molecule has 0 aromatic heterocycles. The maximum atomic E-state index is 14.2. The van der Waals surface area contributed by atoms with Crippen molar-refractivity contribution in [3.8, 4) is 11.5 Å². The summed E-state index contributed by atoms with van der Waals surface area (Å²) in [4.78, 5) is 28.7. The maximum absolute atomic E-state index is 14.2. The van der Waals surface area contributed by atoms with Gasteiger partial charge in [-0.3, -0.25) is 9.59 Å². The van der Waals surface area contributed by atoms with Gasteiger partial charge in [-0.1, -0.05) is 49.6 Å². The van der Waals surface area contributed by atoms with Gasteiger partial charge in [-0.2, -0.15) is 0 Å². The number of nitrogens with two attached hydrogens (primary N) is 1. The molecule has 0 radical (unpaired) electrons. The molecule has 1 aliphatic carbocycles. The van der Waals surface area contributed by atoms with Crippen LogP contribution in [-0.4, -0.2) is 35.8 Å². The van der Waals surface area contributed by atoms with Crippen LogP contribution in [0.4, 0.5) is 0 Å². The first-order chi connectivity index (χ1) is 16.4. The van der Waals surface area contributed by atoms with Gasteiger partial charge in [0, 0.05) is 6.54 Å². The highest BCUT2D eigenvalue weighted by molar-refractivity contribution is 5.93. The fourth-order valence-electron chi connectivity index (χ4n) is 5.79. The fraction of sp³-hybridized carbons (Fsp3) is 0.500. The van der Waals surface area contributed by atoms with Crippen molar-refractivity contribution >= 4 is 11.8 Å². The van der Waals surface area contributed by atoms with E-state index in [1.54, 1.807) is 14.0 Å². The maximum Gasteiger partial charge on any atom is 0.238 e. The minimum atomic E-state index is -1.08. The van der Waals surface area contributed by atoms with E-state index in [1.165, 1.54) is 6.42 Å². The number of para-hydroxylation sites is 1. The number of carbonyl (C=O) groups excluding carboxylic acids is 2. The highest BCUT2D eigenvalue weighted by Gasteiger charge is 2.50. The molecule has 1 aliphatic heterocycles. The minimum Gasteiger partial charge on any atom is -0.457 e. The lowest BCUT2D eigenvalue weighted by Crippen LogP contribution is -2.63. The lowest BCUT2D eigenvalue weighted by atomic mass is 9.69. The molecule has 2 fully saturated rings. The second-order valence-corrected chi connectivity index (χ2v) is 9.87. The summed E-state index contributed by atoms with van der Waals surface area (Å²) < 4.78 is 6.05. The van der Waals surface area contributed by atoms with Gasteiger partial charge in [0.2, 0.25) is 11.8 Å². The average molecular weight is 464 g/mol. The zero-order chi connectivity index (χ0) is 24.1. The van der Waals surface area contributed by atoms with Crippen LogP contribution in [0.3, 0.4) is 0 Å². The summed E-state index contributed by atoms with van der Waals surface area (Å²) in [6.07, 6.45) is 7.12. The van der Waals surface area contributed by atoms with Crippen LogP contribution in [-0.2, 0) is 9.59 Å². The van der Waals surface area contributed by atoms with Gasteiger partial charge >= 0.3 is 0 Å². The Bertz CT molecular complexity index is 989. The highest BCUT2D eigenvalue weighted by Crippen LogP contribution is 2.41. The number of benzene rings is 2. The number of nitrogens with one attached hydrogen (secondary N) is 1. The van der Waals surface area contributed by atoms with Gasteiger partial charge in [0.15, 0.2) is 0 Å². The summed E-state index contributed by atoms with van der Waals surface area (Å²) in [6.45, 7) is 2.49. The van der Waals surface area contributed by atoms with Crippen molar-refractivity contribution in [2.75, 3.05) is 13.6 Å². The Morgan fingerprint density at radius 2 is 1.71 bits per heavy atom. The van der Waals surface area contributed by atoms with E-state index in [0.29, 0.717) is 6.54 Å². The first-order valence-corrected chi connectivity index (χ1v) is 12.6. The van der Waals surface area contributed by atoms with E-state index >= 15 is 0 Å². The molecule has 4 rings (SSSR count). The molecule has 6 nitrogen and oxygen atoms in total. The van der Waals surface area contributed by atoms with Crippen LogP contribution < -0.4 is 15.8 Å². The average Bonchev–Trinajstić information content (AvgIpc) is 3.35. The molecular formula is C28H37N3O3. The largest absolute Gasteiger partial charge is 0.457 e. The zero-order valence-corrected chi connectivity index (χ0v) is 20.3. The molecule has 0 bridgehead atoms. The number of likely N-dealkylation sites (tertiary alicyclic amines) is 1. The third kappa shape index (κ3) is 4.97. The number of hydrogen-bond acceptors (Lipinski definition) is 4. The lowest BCUT2D eigenvalue weighted by Gasteiger charge is -2.43. The molecule has 34 heavy (non-hydrogen) atoms. The Morgan fingerprint density at radius 3 is 2.38 bits per heavy atom. The van der Waals surface area contributed by atoms with E-state index in [2.05, 4.69) is 11.4 Å². The molecule has 3 atom stereocenters. The Hall–Kier alpha value is -2.86. The number of rotatable bonds is 8. The zero-order valence-electron chi connectivity index (χ0n) is 20.3. The van der Waals surface area contributed by atoms with Gasteiger partial charge in [-0.25, -0.2) is 0 Å². The molecule has 1 saturated heterocycles. The van der Waals surface area contributed by atoms with E-state index in [-0.39, 0.29) is 17.9 Å². The van der Waals surface area contributed by atoms with Gasteiger partial charge in [0.1, 0.15) is 17.0 Å². The minimum absolute atomic E-state index is 0.0353. The third-order valence-electron chi connectivity index (χ3n) is 7.80. The van der Waals surface area contributed by atoms with Crippen molar-refractivity contribution in [1.29, 1.82) is 0 Å². The Kier molecular flexibility index (Phi) is 7.57. The molecule has 182 valence electrons. The van der Waals surface area contributed by atoms with Gasteiger partial charge in [-0.15, -0.1) is 0 Å². The van der Waals surface area contributed by atoms with Crippen LogP contribution in [0.2, 0.25) is 0 Å². The Balaban J connectivity index is 1.61. The van der Waals surface area contributed by atoms with E-state index in [0.717, 1.165) is 55.6 Å². The summed E-state index contributed by atoms with van der Waals surface area (Å²) in [6, 6.07) is 17.7. The normalized spacial score (nSPS) is 21.6. The van der Waals surface area contributed by atoms with Crippen LogP contribution in [0.25, 0.3) is 0 Å². The SMILES string of the molecule is CNC(C)(C(N)=O)[C@@H](C(=O)N1CCC[C@H]1c1cccc(Oc2ccccc2)c1)C1CCCCC1.